The Bertz CT molecular complexity index is 570. The van der Waals surface area contributed by atoms with Gasteiger partial charge < -0.3 is 15.4 Å². The van der Waals surface area contributed by atoms with Gasteiger partial charge in [0.05, 0.1) is 30.9 Å². The Kier molecular flexibility index (Phi) is 7.89. The minimum absolute atomic E-state index is 0.0228. The summed E-state index contributed by atoms with van der Waals surface area (Å²) in [6.45, 7) is 6.68. The number of nitrogens with one attached hydrogen (secondary N) is 2. The number of nitriles is 1. The summed E-state index contributed by atoms with van der Waals surface area (Å²) in [4.78, 5) is 15.3. The van der Waals surface area contributed by atoms with E-state index in [1.165, 1.54) is 0 Å². The van der Waals surface area contributed by atoms with Crippen molar-refractivity contribution in [3.05, 3.63) is 24.3 Å². The maximum Gasteiger partial charge on any atom is 0.319 e. The summed E-state index contributed by atoms with van der Waals surface area (Å²) in [7, 11) is 0. The maximum atomic E-state index is 12.1. The molecule has 2 amide bonds. The van der Waals surface area contributed by atoms with Crippen LogP contribution in [0.5, 0.6) is 0 Å². The average Bonchev–Trinajstić information content (AvgIpc) is 2.61. The van der Waals surface area contributed by atoms with Gasteiger partial charge in [0.2, 0.25) is 0 Å². The van der Waals surface area contributed by atoms with E-state index in [1.807, 2.05) is 31.2 Å². The van der Waals surface area contributed by atoms with Crippen molar-refractivity contribution in [2.24, 2.45) is 5.92 Å². The molecule has 2 N–H and O–H groups in total. The third kappa shape index (κ3) is 6.40. The number of thioether (sulfide) groups is 1. The minimum Gasteiger partial charge on any atom is -0.379 e. The molecular weight excluding hydrogens is 324 g/mol. The fourth-order valence-electron chi connectivity index (χ4n) is 2.27. The molecule has 0 saturated carbocycles. The maximum absolute atomic E-state index is 12.1. The molecule has 1 aromatic carbocycles. The van der Waals surface area contributed by atoms with Crippen molar-refractivity contribution in [2.45, 2.75) is 11.8 Å². The Balaban J connectivity index is 1.77. The van der Waals surface area contributed by atoms with Gasteiger partial charge in [-0.05, 0) is 19.1 Å². The van der Waals surface area contributed by atoms with Crippen molar-refractivity contribution in [1.29, 1.82) is 5.26 Å². The van der Waals surface area contributed by atoms with Gasteiger partial charge in [0, 0.05) is 36.8 Å². The molecule has 1 heterocycles. The Morgan fingerprint density at radius 1 is 1.42 bits per heavy atom. The van der Waals surface area contributed by atoms with Gasteiger partial charge in [-0.3, -0.25) is 4.90 Å². The molecule has 0 aliphatic carbocycles. The molecule has 7 heteroatoms. The second-order valence-corrected chi connectivity index (χ2v) is 6.73. The Morgan fingerprint density at radius 2 is 2.17 bits per heavy atom. The molecule has 0 bridgehead atoms. The van der Waals surface area contributed by atoms with E-state index < -0.39 is 0 Å². The molecule has 1 aliphatic heterocycles. The van der Waals surface area contributed by atoms with Gasteiger partial charge >= 0.3 is 6.03 Å². The van der Waals surface area contributed by atoms with E-state index in [1.54, 1.807) is 11.8 Å². The van der Waals surface area contributed by atoms with E-state index in [0.29, 0.717) is 12.3 Å². The van der Waals surface area contributed by atoms with Crippen LogP contribution in [0.3, 0.4) is 0 Å². The molecular formula is C17H24N4O2S. The largest absolute Gasteiger partial charge is 0.379 e. The second-order valence-electron chi connectivity index (χ2n) is 5.67. The summed E-state index contributed by atoms with van der Waals surface area (Å²) in [6.07, 6.45) is 0. The van der Waals surface area contributed by atoms with E-state index in [2.05, 4.69) is 21.6 Å². The number of anilines is 1. The summed E-state index contributed by atoms with van der Waals surface area (Å²) in [6, 6.07) is 9.67. The zero-order chi connectivity index (χ0) is 17.2. The third-order valence-corrected chi connectivity index (χ3v) is 5.00. The predicted octanol–water partition coefficient (Wildman–Crippen LogP) is 2.39. The van der Waals surface area contributed by atoms with Crippen LogP contribution in [0.15, 0.2) is 29.2 Å². The second kappa shape index (κ2) is 10.2. The Morgan fingerprint density at radius 3 is 2.92 bits per heavy atom. The molecule has 1 fully saturated rings. The van der Waals surface area contributed by atoms with Gasteiger partial charge in [-0.1, -0.05) is 12.1 Å². The molecule has 0 aromatic heterocycles. The Hall–Kier alpha value is -1.75. The molecule has 1 atom stereocenters. The standard InChI is InChI=1S/C17H24N4O2S/c1-14(12-18)13-24-16-5-3-2-4-15(16)20-17(22)19-6-7-21-8-10-23-11-9-21/h2-5,14H,6-11,13H2,1H3,(H2,19,20,22). The topological polar surface area (TPSA) is 77.4 Å². The minimum atomic E-state index is -0.204. The fourth-order valence-corrected chi connectivity index (χ4v) is 3.22. The highest BCUT2D eigenvalue weighted by atomic mass is 32.2. The number of nitrogens with zero attached hydrogens (tertiary/aromatic N) is 2. The van der Waals surface area contributed by atoms with Gasteiger partial charge in [0.25, 0.3) is 0 Å². The lowest BCUT2D eigenvalue weighted by Crippen LogP contribution is -2.42. The van der Waals surface area contributed by atoms with Crippen molar-refractivity contribution >= 4 is 23.5 Å². The van der Waals surface area contributed by atoms with Gasteiger partial charge in [-0.25, -0.2) is 4.79 Å². The zero-order valence-corrected chi connectivity index (χ0v) is 14.8. The van der Waals surface area contributed by atoms with Crippen molar-refractivity contribution in [2.75, 3.05) is 50.5 Å². The lowest BCUT2D eigenvalue weighted by molar-refractivity contribution is 0.0388. The van der Waals surface area contributed by atoms with Gasteiger partial charge in [0.1, 0.15) is 0 Å². The average molecular weight is 348 g/mol. The van der Waals surface area contributed by atoms with Crippen LogP contribution in [0.1, 0.15) is 6.92 Å². The van der Waals surface area contributed by atoms with Crippen LogP contribution >= 0.6 is 11.8 Å². The predicted molar refractivity (Wildman–Crippen MR) is 96.2 cm³/mol. The van der Waals surface area contributed by atoms with Crippen LogP contribution in [0, 0.1) is 17.2 Å². The van der Waals surface area contributed by atoms with Crippen LogP contribution in [0.4, 0.5) is 10.5 Å². The number of carbonyl (C=O) groups excluding carboxylic acids is 1. The first kappa shape index (κ1) is 18.6. The van der Waals surface area contributed by atoms with Crippen LogP contribution in [0.2, 0.25) is 0 Å². The highest BCUT2D eigenvalue weighted by Crippen LogP contribution is 2.28. The smallest absolute Gasteiger partial charge is 0.319 e. The summed E-state index contributed by atoms with van der Waals surface area (Å²) >= 11 is 1.58. The first-order valence-electron chi connectivity index (χ1n) is 8.15. The van der Waals surface area contributed by atoms with Crippen molar-refractivity contribution in [1.82, 2.24) is 10.2 Å². The lowest BCUT2D eigenvalue weighted by atomic mass is 10.3. The van der Waals surface area contributed by atoms with Gasteiger partial charge in [-0.2, -0.15) is 5.26 Å². The molecule has 0 spiro atoms. The van der Waals surface area contributed by atoms with E-state index in [0.717, 1.165) is 43.4 Å². The summed E-state index contributed by atoms with van der Waals surface area (Å²) in [5, 5.41) is 14.7. The summed E-state index contributed by atoms with van der Waals surface area (Å²) in [5.41, 5.74) is 0.775. The van der Waals surface area contributed by atoms with E-state index in [9.17, 15) is 4.79 Å². The number of urea groups is 1. The van der Waals surface area contributed by atoms with E-state index >= 15 is 0 Å². The van der Waals surface area contributed by atoms with Crippen molar-refractivity contribution in [3.8, 4) is 6.07 Å². The fraction of sp³-hybridized carbons (Fsp3) is 0.529. The molecule has 6 nitrogen and oxygen atoms in total. The van der Waals surface area contributed by atoms with Gasteiger partial charge in [-0.15, -0.1) is 11.8 Å². The number of ether oxygens (including phenoxy) is 1. The van der Waals surface area contributed by atoms with Crippen LogP contribution < -0.4 is 10.6 Å². The molecule has 0 radical (unpaired) electrons. The lowest BCUT2D eigenvalue weighted by Gasteiger charge is -2.26. The molecule has 1 aromatic rings. The highest BCUT2D eigenvalue weighted by Gasteiger charge is 2.11. The number of morpholine rings is 1. The first-order chi connectivity index (χ1) is 11.7. The summed E-state index contributed by atoms with van der Waals surface area (Å²) < 4.78 is 5.30. The Labute approximate surface area is 147 Å². The zero-order valence-electron chi connectivity index (χ0n) is 14.0. The van der Waals surface area contributed by atoms with Crippen molar-refractivity contribution in [3.63, 3.8) is 0 Å². The first-order valence-corrected chi connectivity index (χ1v) is 9.14. The molecule has 1 saturated heterocycles. The monoisotopic (exact) mass is 348 g/mol. The number of hydrogen-bond donors (Lipinski definition) is 2. The quantitative estimate of drug-likeness (QED) is 0.740. The number of para-hydroxylation sites is 1. The number of hydrogen-bond acceptors (Lipinski definition) is 5. The molecule has 1 aliphatic rings. The molecule has 2 rings (SSSR count). The van der Waals surface area contributed by atoms with Crippen molar-refractivity contribution < 1.29 is 9.53 Å². The molecule has 130 valence electrons. The number of benzene rings is 1. The third-order valence-electron chi connectivity index (χ3n) is 3.66. The number of carbonyl (C=O) groups is 1. The van der Waals surface area contributed by atoms with Crippen LogP contribution in [0.25, 0.3) is 0 Å². The molecule has 1 unspecified atom stereocenters. The van der Waals surface area contributed by atoms with Crippen LogP contribution in [-0.4, -0.2) is 56.1 Å². The molecule has 24 heavy (non-hydrogen) atoms. The number of amides is 2. The van der Waals surface area contributed by atoms with E-state index in [-0.39, 0.29) is 11.9 Å². The van der Waals surface area contributed by atoms with Crippen LogP contribution in [-0.2, 0) is 4.74 Å². The highest BCUT2D eigenvalue weighted by molar-refractivity contribution is 7.99. The van der Waals surface area contributed by atoms with Gasteiger partial charge in [0.15, 0.2) is 0 Å². The number of rotatable bonds is 7. The normalized spacial score (nSPS) is 16.2. The SMILES string of the molecule is CC(C#N)CSc1ccccc1NC(=O)NCCN1CCOCC1. The summed E-state index contributed by atoms with van der Waals surface area (Å²) in [5.74, 6) is 0.679. The van der Waals surface area contributed by atoms with E-state index in [4.69, 9.17) is 10.00 Å².